The van der Waals surface area contributed by atoms with Crippen molar-refractivity contribution in [1.29, 1.82) is 0 Å². The first-order valence-corrected chi connectivity index (χ1v) is 8.85. The molecule has 4 heterocycles. The third kappa shape index (κ3) is 3.27. The first-order valence-electron chi connectivity index (χ1n) is 8.85. The van der Waals surface area contributed by atoms with E-state index in [1.54, 1.807) is 0 Å². The second kappa shape index (κ2) is 6.88. The van der Waals surface area contributed by atoms with Crippen LogP contribution < -0.4 is 4.74 Å². The quantitative estimate of drug-likeness (QED) is 0.826. The lowest BCUT2D eigenvalue weighted by atomic mass is 9.92. The van der Waals surface area contributed by atoms with E-state index in [-0.39, 0.29) is 18.3 Å². The molecule has 0 bridgehead atoms. The van der Waals surface area contributed by atoms with E-state index in [2.05, 4.69) is 21.5 Å². The molecule has 2 saturated heterocycles. The maximum Gasteiger partial charge on any atom is 0.303 e. The van der Waals surface area contributed by atoms with E-state index in [1.807, 2.05) is 6.20 Å². The largest absolute Gasteiger partial charge is 0.465 e. The van der Waals surface area contributed by atoms with Crippen LogP contribution in [0.4, 0.5) is 8.78 Å². The maximum atomic E-state index is 14.4. The molecule has 4 rings (SSSR count). The third-order valence-electron chi connectivity index (χ3n) is 5.13. The van der Waals surface area contributed by atoms with Crippen LogP contribution in [0.5, 0.6) is 5.88 Å². The number of nitrogens with zero attached hydrogens (tertiary/aromatic N) is 3. The van der Waals surface area contributed by atoms with E-state index in [4.69, 9.17) is 9.47 Å². The molecule has 2 fully saturated rings. The van der Waals surface area contributed by atoms with Gasteiger partial charge in [0, 0.05) is 19.4 Å². The zero-order valence-electron chi connectivity index (χ0n) is 14.7. The van der Waals surface area contributed by atoms with Gasteiger partial charge in [-0.2, -0.15) is 0 Å². The summed E-state index contributed by atoms with van der Waals surface area (Å²) < 4.78 is 39.8. The average Bonchev–Trinajstić information content (AvgIpc) is 3.23. The van der Waals surface area contributed by atoms with Crippen molar-refractivity contribution >= 4 is 16.9 Å². The van der Waals surface area contributed by atoms with Gasteiger partial charge in [0.05, 0.1) is 18.5 Å². The molecule has 2 aromatic heterocycles. The Kier molecular flexibility index (Phi) is 4.55. The average molecular weight is 378 g/mol. The highest BCUT2D eigenvalue weighted by molar-refractivity contribution is 5.87. The Bertz CT molecular complexity index is 863. The van der Waals surface area contributed by atoms with Gasteiger partial charge in [0.2, 0.25) is 11.8 Å². The van der Waals surface area contributed by atoms with Gasteiger partial charge in [-0.3, -0.25) is 4.79 Å². The number of hydrogen-bond acceptors (Lipinski definition) is 5. The molecule has 0 spiro atoms. The van der Waals surface area contributed by atoms with Crippen molar-refractivity contribution in [2.75, 3.05) is 26.3 Å². The van der Waals surface area contributed by atoms with Crippen molar-refractivity contribution < 1.29 is 23.0 Å². The number of carbonyl (C=O) groups excluding carboxylic acids is 1. The van der Waals surface area contributed by atoms with Crippen LogP contribution in [-0.2, 0) is 9.53 Å². The van der Waals surface area contributed by atoms with Crippen LogP contribution in [-0.4, -0.2) is 64.1 Å². The number of fused-ring (bicyclic) bond motifs is 1. The summed E-state index contributed by atoms with van der Waals surface area (Å²) in [5, 5.41) is 0.619. The smallest absolute Gasteiger partial charge is 0.303 e. The fourth-order valence-electron chi connectivity index (χ4n) is 3.69. The molecule has 1 amide bonds. The SMILES string of the molecule is C=CC(=O)N1CC(Oc2ncnc3[nH]cc(C4CCOCC4)c23)C(F)(F)C1. The molecule has 144 valence electrons. The van der Waals surface area contributed by atoms with Crippen LogP contribution in [0.2, 0.25) is 0 Å². The van der Waals surface area contributed by atoms with Gasteiger partial charge in [-0.1, -0.05) is 6.58 Å². The fourth-order valence-corrected chi connectivity index (χ4v) is 3.69. The molecule has 9 heteroatoms. The van der Waals surface area contributed by atoms with Crippen LogP contribution in [0, 0.1) is 0 Å². The van der Waals surface area contributed by atoms with Gasteiger partial charge in [-0.25, -0.2) is 18.7 Å². The summed E-state index contributed by atoms with van der Waals surface area (Å²) in [7, 11) is 0. The lowest BCUT2D eigenvalue weighted by molar-refractivity contribution is -0.126. The van der Waals surface area contributed by atoms with Gasteiger partial charge in [0.15, 0.2) is 6.10 Å². The Morgan fingerprint density at radius 1 is 1.41 bits per heavy atom. The van der Waals surface area contributed by atoms with Gasteiger partial charge >= 0.3 is 5.92 Å². The molecule has 2 aromatic rings. The number of ether oxygens (including phenoxy) is 2. The molecule has 7 nitrogen and oxygen atoms in total. The Morgan fingerprint density at radius 2 is 2.19 bits per heavy atom. The van der Waals surface area contributed by atoms with Crippen LogP contribution in [0.3, 0.4) is 0 Å². The molecule has 1 N–H and O–H groups in total. The minimum absolute atomic E-state index is 0.111. The minimum Gasteiger partial charge on any atom is -0.465 e. The van der Waals surface area contributed by atoms with Crippen molar-refractivity contribution in [2.45, 2.75) is 30.8 Å². The fraction of sp³-hybridized carbons (Fsp3) is 0.500. The molecular formula is C18H20F2N4O3. The first-order chi connectivity index (χ1) is 13.0. The van der Waals surface area contributed by atoms with Crippen LogP contribution in [0.25, 0.3) is 11.0 Å². The number of amides is 1. The number of hydrogen-bond donors (Lipinski definition) is 1. The highest BCUT2D eigenvalue weighted by Gasteiger charge is 2.51. The normalized spacial score (nSPS) is 22.9. The molecule has 0 aromatic carbocycles. The molecule has 1 atom stereocenters. The summed E-state index contributed by atoms with van der Waals surface area (Å²) >= 11 is 0. The van der Waals surface area contributed by atoms with Gasteiger partial charge in [0.25, 0.3) is 0 Å². The van der Waals surface area contributed by atoms with Crippen LogP contribution in [0.15, 0.2) is 25.2 Å². The van der Waals surface area contributed by atoms with Gasteiger partial charge in [-0.15, -0.1) is 0 Å². The van der Waals surface area contributed by atoms with Gasteiger partial charge in [0.1, 0.15) is 12.0 Å². The molecule has 0 saturated carbocycles. The second-order valence-corrected chi connectivity index (χ2v) is 6.82. The summed E-state index contributed by atoms with van der Waals surface area (Å²) in [6.07, 6.45) is 4.34. The first kappa shape index (κ1) is 17.8. The number of rotatable bonds is 4. The number of aromatic nitrogens is 3. The van der Waals surface area contributed by atoms with E-state index in [0.717, 1.165) is 29.4 Å². The highest BCUT2D eigenvalue weighted by atomic mass is 19.3. The highest BCUT2D eigenvalue weighted by Crippen LogP contribution is 2.38. The number of likely N-dealkylation sites (tertiary alicyclic amines) is 1. The summed E-state index contributed by atoms with van der Waals surface area (Å²) in [5.41, 5.74) is 1.49. The zero-order valence-corrected chi connectivity index (χ0v) is 14.7. The van der Waals surface area contributed by atoms with Crippen molar-refractivity contribution in [3.8, 4) is 5.88 Å². The predicted octanol–water partition coefficient (Wildman–Crippen LogP) is 2.26. The Labute approximate surface area is 154 Å². The zero-order chi connectivity index (χ0) is 19.0. The minimum atomic E-state index is -3.18. The van der Waals surface area contributed by atoms with E-state index >= 15 is 0 Å². The summed E-state index contributed by atoms with van der Waals surface area (Å²) in [5.74, 6) is -3.38. The van der Waals surface area contributed by atoms with Gasteiger partial charge < -0.3 is 19.4 Å². The number of H-pyrrole nitrogens is 1. The van der Waals surface area contributed by atoms with Gasteiger partial charge in [-0.05, 0) is 30.4 Å². The number of nitrogens with one attached hydrogen (secondary N) is 1. The number of halogens is 2. The summed E-state index contributed by atoms with van der Waals surface area (Å²) in [6.45, 7) is 3.73. The van der Waals surface area contributed by atoms with E-state index in [0.29, 0.717) is 24.2 Å². The molecule has 0 radical (unpaired) electrons. The Hall–Kier alpha value is -2.55. The predicted molar refractivity (Wildman–Crippen MR) is 92.8 cm³/mol. The maximum absolute atomic E-state index is 14.4. The third-order valence-corrected chi connectivity index (χ3v) is 5.13. The lowest BCUT2D eigenvalue weighted by Crippen LogP contribution is -2.36. The van der Waals surface area contributed by atoms with Crippen LogP contribution >= 0.6 is 0 Å². The van der Waals surface area contributed by atoms with E-state index < -0.39 is 24.5 Å². The molecule has 0 aliphatic carbocycles. The summed E-state index contributed by atoms with van der Waals surface area (Å²) in [4.78, 5) is 24.1. The second-order valence-electron chi connectivity index (χ2n) is 6.82. The lowest BCUT2D eigenvalue weighted by Gasteiger charge is -2.23. The monoisotopic (exact) mass is 378 g/mol. The Balaban J connectivity index is 1.65. The van der Waals surface area contributed by atoms with Crippen LogP contribution in [0.1, 0.15) is 24.3 Å². The topological polar surface area (TPSA) is 80.3 Å². The molecule has 2 aliphatic heterocycles. The van der Waals surface area contributed by atoms with Crippen molar-refractivity contribution in [2.24, 2.45) is 0 Å². The molecule has 27 heavy (non-hydrogen) atoms. The van der Waals surface area contributed by atoms with E-state index in [9.17, 15) is 13.6 Å². The molecule has 1 unspecified atom stereocenters. The number of alkyl halides is 2. The van der Waals surface area contributed by atoms with Crippen molar-refractivity contribution in [3.63, 3.8) is 0 Å². The van der Waals surface area contributed by atoms with E-state index in [1.165, 1.54) is 6.33 Å². The number of carbonyl (C=O) groups is 1. The van der Waals surface area contributed by atoms with Crippen molar-refractivity contribution in [1.82, 2.24) is 19.9 Å². The molecule has 2 aliphatic rings. The number of aromatic amines is 1. The standard InChI is InChI=1S/C18H20F2N4O3/c1-2-14(25)24-8-13(18(19,20)9-24)27-17-15-12(11-3-5-26-6-4-11)7-21-16(15)22-10-23-17/h2,7,10-11,13H,1,3-6,8-9H2,(H,21,22,23). The summed E-state index contributed by atoms with van der Waals surface area (Å²) in [6, 6.07) is 0. The Morgan fingerprint density at radius 3 is 2.93 bits per heavy atom. The van der Waals surface area contributed by atoms with Crippen molar-refractivity contribution in [3.05, 3.63) is 30.7 Å². The molecular weight excluding hydrogens is 358 g/mol.